The van der Waals surface area contributed by atoms with Gasteiger partial charge in [0.05, 0.1) is 5.54 Å². The fourth-order valence-corrected chi connectivity index (χ4v) is 8.19. The number of rotatable bonds is 2. The topological polar surface area (TPSA) is 3.24 Å². The molecule has 0 N–H and O–H groups in total. The van der Waals surface area contributed by atoms with Gasteiger partial charge in [-0.15, -0.1) is 0 Å². The zero-order valence-corrected chi connectivity index (χ0v) is 22.8. The highest BCUT2D eigenvalue weighted by Gasteiger charge is 2.60. The summed E-state index contributed by atoms with van der Waals surface area (Å²) in [4.78, 5) is 2.68. The number of hydrogen-bond donors (Lipinski definition) is 0. The molecule has 0 amide bonds. The smallest absolute Gasteiger partial charge is 0.0543 e. The number of fused-ring (bicyclic) bond motifs is 6. The van der Waals surface area contributed by atoms with Crippen LogP contribution in [0.5, 0.6) is 0 Å². The molecular weight excluding hydrogens is 446 g/mol. The minimum Gasteiger partial charge on any atom is -0.334 e. The number of nitrogens with zero attached hydrogens (tertiary/aromatic N) is 1. The third kappa shape index (κ3) is 2.86. The molecular formula is C36H37N. The zero-order chi connectivity index (χ0) is 25.6. The summed E-state index contributed by atoms with van der Waals surface area (Å²) in [5.74, 6) is 0.613. The lowest BCUT2D eigenvalue weighted by Crippen LogP contribution is -2.59. The summed E-state index contributed by atoms with van der Waals surface area (Å²) in [6.07, 6.45) is 3.82. The first-order chi connectivity index (χ1) is 17.8. The minimum atomic E-state index is 0.0200. The molecule has 4 aromatic carbocycles. The van der Waals surface area contributed by atoms with E-state index in [9.17, 15) is 0 Å². The van der Waals surface area contributed by atoms with Crippen LogP contribution in [-0.4, -0.2) is 5.54 Å². The van der Waals surface area contributed by atoms with E-state index < -0.39 is 0 Å². The predicted octanol–water partition coefficient (Wildman–Crippen LogP) is 9.65. The Balaban J connectivity index is 1.39. The average molecular weight is 484 g/mol. The molecule has 4 aromatic rings. The van der Waals surface area contributed by atoms with E-state index in [4.69, 9.17) is 0 Å². The largest absolute Gasteiger partial charge is 0.334 e. The van der Waals surface area contributed by atoms with E-state index in [-0.39, 0.29) is 16.4 Å². The lowest BCUT2D eigenvalue weighted by atomic mass is 9.57. The van der Waals surface area contributed by atoms with Gasteiger partial charge in [-0.25, -0.2) is 0 Å². The number of benzene rings is 4. The Morgan fingerprint density at radius 3 is 2.11 bits per heavy atom. The molecule has 3 unspecified atom stereocenters. The van der Waals surface area contributed by atoms with E-state index in [0.717, 1.165) is 0 Å². The van der Waals surface area contributed by atoms with Crippen molar-refractivity contribution in [1.29, 1.82) is 0 Å². The molecule has 1 heteroatoms. The Morgan fingerprint density at radius 1 is 0.676 bits per heavy atom. The normalized spacial score (nSPS) is 26.8. The number of anilines is 2. The molecule has 1 heterocycles. The van der Waals surface area contributed by atoms with Crippen molar-refractivity contribution in [3.8, 4) is 22.3 Å². The molecule has 3 aliphatic rings. The van der Waals surface area contributed by atoms with Crippen LogP contribution >= 0.6 is 0 Å². The van der Waals surface area contributed by atoms with E-state index in [1.54, 1.807) is 0 Å². The maximum absolute atomic E-state index is 2.68. The van der Waals surface area contributed by atoms with Crippen LogP contribution in [-0.2, 0) is 10.8 Å². The maximum Gasteiger partial charge on any atom is 0.0543 e. The molecule has 2 aliphatic carbocycles. The Bertz CT molecular complexity index is 1530. The second-order valence-corrected chi connectivity index (χ2v) is 12.6. The van der Waals surface area contributed by atoms with Crippen molar-refractivity contribution in [2.24, 2.45) is 5.92 Å². The number of hydrogen-bond acceptors (Lipinski definition) is 1. The Hall–Kier alpha value is -3.32. The van der Waals surface area contributed by atoms with Crippen molar-refractivity contribution in [2.45, 2.75) is 70.3 Å². The van der Waals surface area contributed by atoms with Gasteiger partial charge in [-0.2, -0.15) is 0 Å². The Kier molecular flexibility index (Phi) is 4.69. The Morgan fingerprint density at radius 2 is 1.32 bits per heavy atom. The van der Waals surface area contributed by atoms with E-state index in [1.165, 1.54) is 69.6 Å². The first kappa shape index (κ1) is 22.8. The highest BCUT2D eigenvalue weighted by molar-refractivity contribution is 5.85. The van der Waals surface area contributed by atoms with E-state index in [1.807, 2.05) is 0 Å². The molecule has 0 spiro atoms. The molecule has 186 valence electrons. The van der Waals surface area contributed by atoms with Gasteiger partial charge in [-0.3, -0.25) is 0 Å². The molecule has 1 saturated carbocycles. The lowest BCUT2D eigenvalue weighted by molar-refractivity contribution is 0.130. The van der Waals surface area contributed by atoms with Crippen LogP contribution in [0.2, 0.25) is 0 Å². The second-order valence-electron chi connectivity index (χ2n) is 12.6. The van der Waals surface area contributed by atoms with Gasteiger partial charge < -0.3 is 4.90 Å². The van der Waals surface area contributed by atoms with Gasteiger partial charge in [0.25, 0.3) is 0 Å². The van der Waals surface area contributed by atoms with Crippen molar-refractivity contribution in [1.82, 2.24) is 0 Å². The van der Waals surface area contributed by atoms with Gasteiger partial charge in [-0.05, 0) is 95.0 Å². The standard InChI is InChI=1S/C36H37N/c1-24-12-11-21-35(4)32-23-26(18-20-33(32)37(36(24,35)5)27-13-7-6-8-14-27)25-17-19-29-28-15-9-10-16-30(28)34(2,3)31(29)22-25/h6-10,13-20,22-24H,11-12,21H2,1-5H3. The summed E-state index contributed by atoms with van der Waals surface area (Å²) >= 11 is 0. The van der Waals surface area contributed by atoms with E-state index in [0.29, 0.717) is 5.92 Å². The van der Waals surface area contributed by atoms with Crippen LogP contribution in [0.25, 0.3) is 22.3 Å². The molecule has 0 bridgehead atoms. The van der Waals surface area contributed by atoms with Crippen molar-refractivity contribution in [2.75, 3.05) is 4.90 Å². The molecule has 0 radical (unpaired) electrons. The fourth-order valence-electron chi connectivity index (χ4n) is 8.19. The van der Waals surface area contributed by atoms with E-state index in [2.05, 4.69) is 131 Å². The van der Waals surface area contributed by atoms with Crippen LogP contribution < -0.4 is 4.90 Å². The van der Waals surface area contributed by atoms with Crippen LogP contribution in [0.3, 0.4) is 0 Å². The van der Waals surface area contributed by atoms with E-state index >= 15 is 0 Å². The van der Waals surface area contributed by atoms with Crippen LogP contribution in [0.15, 0.2) is 91.0 Å². The maximum atomic E-state index is 2.68. The summed E-state index contributed by atoms with van der Waals surface area (Å²) in [5.41, 5.74) is 12.7. The van der Waals surface area contributed by atoms with Crippen molar-refractivity contribution in [3.63, 3.8) is 0 Å². The quantitative estimate of drug-likeness (QED) is 0.274. The molecule has 1 nitrogen and oxygen atoms in total. The van der Waals surface area contributed by atoms with Gasteiger partial charge >= 0.3 is 0 Å². The van der Waals surface area contributed by atoms with Gasteiger partial charge in [0.15, 0.2) is 0 Å². The predicted molar refractivity (Wildman–Crippen MR) is 157 cm³/mol. The third-order valence-corrected chi connectivity index (χ3v) is 10.6. The van der Waals surface area contributed by atoms with Gasteiger partial charge in [0.1, 0.15) is 0 Å². The molecule has 0 saturated heterocycles. The Labute approximate surface area is 222 Å². The third-order valence-electron chi connectivity index (χ3n) is 10.6. The minimum absolute atomic E-state index is 0.0200. The first-order valence-corrected chi connectivity index (χ1v) is 14.0. The second kappa shape index (κ2) is 7.60. The fraction of sp³-hybridized carbons (Fsp3) is 0.333. The van der Waals surface area contributed by atoms with Gasteiger partial charge in [-0.1, -0.05) is 94.8 Å². The van der Waals surface area contributed by atoms with Gasteiger partial charge in [0, 0.05) is 22.2 Å². The molecule has 7 rings (SSSR count). The average Bonchev–Trinajstić information content (AvgIpc) is 3.27. The zero-order valence-electron chi connectivity index (χ0n) is 22.8. The van der Waals surface area contributed by atoms with Crippen molar-refractivity contribution < 1.29 is 0 Å². The highest BCUT2D eigenvalue weighted by Crippen LogP contribution is 2.63. The first-order valence-electron chi connectivity index (χ1n) is 14.0. The van der Waals surface area contributed by atoms with Crippen molar-refractivity contribution >= 4 is 11.4 Å². The molecule has 1 fully saturated rings. The summed E-state index contributed by atoms with van der Waals surface area (Å²) < 4.78 is 0. The summed E-state index contributed by atoms with van der Waals surface area (Å²) in [6, 6.07) is 34.5. The monoisotopic (exact) mass is 483 g/mol. The number of para-hydroxylation sites is 1. The van der Waals surface area contributed by atoms with Crippen LogP contribution in [0, 0.1) is 5.92 Å². The highest BCUT2D eigenvalue weighted by atomic mass is 15.3. The van der Waals surface area contributed by atoms with Crippen LogP contribution in [0.1, 0.15) is 70.6 Å². The summed E-state index contributed by atoms with van der Waals surface area (Å²) in [6.45, 7) is 12.3. The van der Waals surface area contributed by atoms with Crippen LogP contribution in [0.4, 0.5) is 11.4 Å². The summed E-state index contributed by atoms with van der Waals surface area (Å²) in [7, 11) is 0. The van der Waals surface area contributed by atoms with Crippen molar-refractivity contribution in [3.05, 3.63) is 108 Å². The molecule has 37 heavy (non-hydrogen) atoms. The lowest BCUT2D eigenvalue weighted by Gasteiger charge is -2.54. The molecule has 3 atom stereocenters. The molecule has 0 aromatic heterocycles. The SMILES string of the molecule is CC1CCCC2(C)c3cc(-c4ccc5c(c4)C(C)(C)c4ccccc4-5)ccc3N(c3ccccc3)C12C. The van der Waals surface area contributed by atoms with Gasteiger partial charge in [0.2, 0.25) is 0 Å². The molecule has 1 aliphatic heterocycles. The summed E-state index contributed by atoms with van der Waals surface area (Å²) in [5, 5.41) is 0.